The standard InChI is InChI=1S/C82H62N2/c1-51-42-52(2)44-64(43-51)84-78-19-13-11-17-70(78)72-46-58(35-41-80(72)84)60-31-37-66-68-39-33-62(50-76(68)82(5,6)74(66)48-60)61-32-38-67-65-36-30-59(47-73(65)81(3,4)75(67)49-61)56-28-24-54(25-29-56)21-20-53-22-26-55(27-23-53)57-34-40-79-71(45-57)69-16-10-12-18-77(69)83(79)63-14-8-7-9-15-63/h7-50H,1-6H3. The van der Waals surface area contributed by atoms with Crippen LogP contribution in [0.25, 0.3) is 134 Å². The minimum absolute atomic E-state index is 0.162. The quantitative estimate of drug-likeness (QED) is 0.134. The molecule has 0 bridgehead atoms. The molecule has 16 rings (SSSR count). The second-order valence-corrected chi connectivity index (χ2v) is 24.7. The summed E-state index contributed by atoms with van der Waals surface area (Å²) < 4.78 is 4.80. The third-order valence-electron chi connectivity index (χ3n) is 18.8. The lowest BCUT2D eigenvalue weighted by molar-refractivity contribution is 0.660. The molecule has 12 aromatic carbocycles. The molecule has 0 radical (unpaired) electrons. The van der Waals surface area contributed by atoms with Gasteiger partial charge in [-0.15, -0.1) is 0 Å². The van der Waals surface area contributed by atoms with Gasteiger partial charge < -0.3 is 9.13 Å². The zero-order valence-electron chi connectivity index (χ0n) is 48.3. The summed E-state index contributed by atoms with van der Waals surface area (Å²) in [5.74, 6) is 0. The summed E-state index contributed by atoms with van der Waals surface area (Å²) in [4.78, 5) is 0. The Bertz CT molecular complexity index is 5040. The molecule has 2 aliphatic rings. The van der Waals surface area contributed by atoms with Gasteiger partial charge in [-0.3, -0.25) is 0 Å². The van der Waals surface area contributed by atoms with Crippen molar-refractivity contribution < 1.29 is 0 Å². The van der Waals surface area contributed by atoms with Gasteiger partial charge in [-0.25, -0.2) is 0 Å². The fourth-order valence-electron chi connectivity index (χ4n) is 14.5. The van der Waals surface area contributed by atoms with E-state index in [1.165, 1.54) is 166 Å². The highest BCUT2D eigenvalue weighted by Crippen LogP contribution is 2.53. The molecule has 0 saturated carbocycles. The Kier molecular flexibility index (Phi) is 11.1. The SMILES string of the molecule is Cc1cc(C)cc(-n2c3ccccc3c3cc(-c4ccc5c(c4)C(C)(C)c4cc(-c6ccc7c(c6)C(C)(C)c6cc(-c8ccc(C=Cc9ccc(-c%10ccc%11c(c%10)c%10ccccc%10n%11-c%10ccccc%10)cc9)cc8)ccc6-7)ccc4-5)ccc32)c1. The number of aromatic nitrogens is 2. The third-order valence-corrected chi connectivity index (χ3v) is 18.8. The monoisotopic (exact) mass is 1070 g/mol. The molecule has 0 amide bonds. The Morgan fingerprint density at radius 1 is 0.262 bits per heavy atom. The minimum atomic E-state index is -0.171. The number of aryl methyl sites for hydroxylation is 2. The number of benzene rings is 12. The predicted molar refractivity (Wildman–Crippen MR) is 357 cm³/mol. The highest BCUT2D eigenvalue weighted by molar-refractivity contribution is 6.12. The molecule has 0 unspecified atom stereocenters. The van der Waals surface area contributed by atoms with Crippen LogP contribution in [0.4, 0.5) is 0 Å². The molecule has 2 nitrogen and oxygen atoms in total. The topological polar surface area (TPSA) is 9.86 Å². The lowest BCUT2D eigenvalue weighted by Crippen LogP contribution is -2.15. The first-order valence-electron chi connectivity index (χ1n) is 29.6. The van der Waals surface area contributed by atoms with Gasteiger partial charge in [0.1, 0.15) is 0 Å². The van der Waals surface area contributed by atoms with E-state index in [9.17, 15) is 0 Å². The molecule has 0 N–H and O–H groups in total. The molecule has 84 heavy (non-hydrogen) atoms. The first-order chi connectivity index (χ1) is 40.9. The number of para-hydroxylation sites is 3. The normalized spacial score (nSPS) is 13.7. The Morgan fingerprint density at radius 3 is 1.01 bits per heavy atom. The van der Waals surface area contributed by atoms with E-state index < -0.39 is 0 Å². The number of fused-ring (bicyclic) bond motifs is 12. The average molecular weight is 1080 g/mol. The van der Waals surface area contributed by atoms with Crippen LogP contribution < -0.4 is 0 Å². The Balaban J connectivity index is 0.628. The molecule has 2 aromatic heterocycles. The van der Waals surface area contributed by atoms with E-state index in [2.05, 4.69) is 318 Å². The second kappa shape index (κ2) is 18.8. The summed E-state index contributed by atoms with van der Waals surface area (Å²) in [6.45, 7) is 14.0. The van der Waals surface area contributed by atoms with Gasteiger partial charge in [0, 0.05) is 43.7 Å². The van der Waals surface area contributed by atoms with Crippen molar-refractivity contribution in [3.8, 4) is 78.1 Å². The smallest absolute Gasteiger partial charge is 0.0541 e. The van der Waals surface area contributed by atoms with Crippen molar-refractivity contribution in [3.63, 3.8) is 0 Å². The maximum Gasteiger partial charge on any atom is 0.0541 e. The van der Waals surface area contributed by atoms with E-state index in [1.54, 1.807) is 0 Å². The van der Waals surface area contributed by atoms with Gasteiger partial charge in [0.15, 0.2) is 0 Å². The molecule has 2 heterocycles. The van der Waals surface area contributed by atoms with Crippen LogP contribution >= 0.6 is 0 Å². The zero-order valence-corrected chi connectivity index (χ0v) is 48.3. The average Bonchev–Trinajstić information content (AvgIpc) is 3.31. The Labute approximate surface area is 491 Å². The number of hydrogen-bond acceptors (Lipinski definition) is 0. The molecule has 14 aromatic rings. The van der Waals surface area contributed by atoms with Gasteiger partial charge in [-0.2, -0.15) is 0 Å². The molecule has 400 valence electrons. The van der Waals surface area contributed by atoms with E-state index in [-0.39, 0.29) is 10.8 Å². The molecular weight excluding hydrogens is 1010 g/mol. The maximum absolute atomic E-state index is 2.47. The summed E-state index contributed by atoms with van der Waals surface area (Å²) in [5.41, 5.74) is 32.6. The van der Waals surface area contributed by atoms with Crippen LogP contribution in [0.3, 0.4) is 0 Å². The second-order valence-electron chi connectivity index (χ2n) is 24.7. The number of hydrogen-bond donors (Lipinski definition) is 0. The molecule has 0 saturated heterocycles. The van der Waals surface area contributed by atoms with Crippen molar-refractivity contribution in [2.75, 3.05) is 0 Å². The van der Waals surface area contributed by atoms with E-state index in [0.717, 1.165) is 0 Å². The van der Waals surface area contributed by atoms with Crippen molar-refractivity contribution in [2.24, 2.45) is 0 Å². The van der Waals surface area contributed by atoms with E-state index >= 15 is 0 Å². The lowest BCUT2D eigenvalue weighted by Gasteiger charge is -2.24. The fraction of sp³-hybridized carbons (Fsp3) is 0.0976. The van der Waals surface area contributed by atoms with Gasteiger partial charge in [-0.1, -0.05) is 210 Å². The van der Waals surface area contributed by atoms with Gasteiger partial charge in [-0.05, 0) is 210 Å². The third kappa shape index (κ3) is 7.85. The predicted octanol–water partition coefficient (Wildman–Crippen LogP) is 21.9. The highest BCUT2D eigenvalue weighted by atomic mass is 15.0. The summed E-state index contributed by atoms with van der Waals surface area (Å²) in [7, 11) is 0. The van der Waals surface area contributed by atoms with Gasteiger partial charge in [0.05, 0.1) is 22.1 Å². The Hall–Kier alpha value is -10.0. The van der Waals surface area contributed by atoms with Crippen molar-refractivity contribution in [2.45, 2.75) is 52.4 Å². The van der Waals surface area contributed by atoms with Crippen LogP contribution in [-0.2, 0) is 10.8 Å². The lowest BCUT2D eigenvalue weighted by atomic mass is 9.79. The van der Waals surface area contributed by atoms with Crippen molar-refractivity contribution >= 4 is 55.8 Å². The molecule has 0 fully saturated rings. The van der Waals surface area contributed by atoms with Crippen molar-refractivity contribution in [1.82, 2.24) is 9.13 Å². The number of nitrogens with zero attached hydrogens (tertiary/aromatic N) is 2. The zero-order chi connectivity index (χ0) is 56.6. The van der Waals surface area contributed by atoms with Crippen LogP contribution in [0.2, 0.25) is 0 Å². The first kappa shape index (κ1) is 49.8. The Morgan fingerprint density at radius 2 is 0.583 bits per heavy atom. The maximum atomic E-state index is 2.47. The van der Waals surface area contributed by atoms with E-state index in [4.69, 9.17) is 0 Å². The molecule has 0 spiro atoms. The summed E-state index contributed by atoms with van der Waals surface area (Å²) in [6.07, 6.45) is 4.43. The summed E-state index contributed by atoms with van der Waals surface area (Å²) >= 11 is 0. The van der Waals surface area contributed by atoms with Gasteiger partial charge in [0.25, 0.3) is 0 Å². The molecule has 0 aliphatic heterocycles. The van der Waals surface area contributed by atoms with Crippen LogP contribution in [-0.4, -0.2) is 9.13 Å². The number of rotatable bonds is 8. The summed E-state index contributed by atoms with van der Waals surface area (Å²) in [5, 5.41) is 5.08. The van der Waals surface area contributed by atoms with Crippen molar-refractivity contribution in [1.29, 1.82) is 0 Å². The van der Waals surface area contributed by atoms with Gasteiger partial charge in [0.2, 0.25) is 0 Å². The molecular formula is C82H62N2. The van der Waals surface area contributed by atoms with Crippen molar-refractivity contribution in [3.05, 3.63) is 299 Å². The molecule has 0 atom stereocenters. The fourth-order valence-corrected chi connectivity index (χ4v) is 14.5. The largest absolute Gasteiger partial charge is 0.309 e. The van der Waals surface area contributed by atoms with E-state index in [0.29, 0.717) is 0 Å². The summed E-state index contributed by atoms with van der Waals surface area (Å²) in [6, 6.07) is 95.5. The van der Waals surface area contributed by atoms with Crippen LogP contribution in [0, 0.1) is 13.8 Å². The van der Waals surface area contributed by atoms with Crippen LogP contribution in [0.1, 0.15) is 72.2 Å². The first-order valence-corrected chi connectivity index (χ1v) is 29.6. The molecule has 2 heteroatoms. The van der Waals surface area contributed by atoms with Gasteiger partial charge >= 0.3 is 0 Å². The highest BCUT2D eigenvalue weighted by Gasteiger charge is 2.38. The van der Waals surface area contributed by atoms with Crippen LogP contribution in [0.15, 0.2) is 255 Å². The minimum Gasteiger partial charge on any atom is -0.309 e. The van der Waals surface area contributed by atoms with Crippen LogP contribution in [0.5, 0.6) is 0 Å². The van der Waals surface area contributed by atoms with E-state index in [1.807, 2.05) is 0 Å². The molecule has 2 aliphatic carbocycles.